The van der Waals surface area contributed by atoms with E-state index in [2.05, 4.69) is 15.5 Å². The maximum atomic E-state index is 13.7. The van der Waals surface area contributed by atoms with Gasteiger partial charge in [0, 0.05) is 12.6 Å². The van der Waals surface area contributed by atoms with E-state index in [1.807, 2.05) is 11.5 Å². The summed E-state index contributed by atoms with van der Waals surface area (Å²) in [7, 11) is 0. The first-order valence-electron chi connectivity index (χ1n) is 9.85. The van der Waals surface area contributed by atoms with E-state index >= 15 is 0 Å². The van der Waals surface area contributed by atoms with Crippen molar-refractivity contribution in [2.45, 2.75) is 57.0 Å². The number of rotatable bonds is 8. The van der Waals surface area contributed by atoms with Gasteiger partial charge in [0.05, 0.1) is 5.75 Å². The van der Waals surface area contributed by atoms with E-state index in [0.29, 0.717) is 35.2 Å². The number of amides is 1. The van der Waals surface area contributed by atoms with Crippen molar-refractivity contribution in [2.75, 3.05) is 5.75 Å². The fourth-order valence-corrected chi connectivity index (χ4v) is 5.19. The fourth-order valence-electron chi connectivity index (χ4n) is 4.35. The van der Waals surface area contributed by atoms with E-state index in [4.69, 9.17) is 4.74 Å². The van der Waals surface area contributed by atoms with Gasteiger partial charge in [-0.05, 0) is 50.2 Å². The molecular formula is C20H25FN4O2S. The lowest BCUT2D eigenvalue weighted by Crippen LogP contribution is -2.39. The summed E-state index contributed by atoms with van der Waals surface area (Å²) < 4.78 is 21.1. The molecule has 3 atom stereocenters. The summed E-state index contributed by atoms with van der Waals surface area (Å²) in [5.41, 5.74) is 0. The minimum Gasteiger partial charge on any atom is -0.483 e. The number of carbonyl (C=O) groups excluding carboxylic acids is 1. The minimum atomic E-state index is -0.406. The largest absolute Gasteiger partial charge is 0.483 e. The number of hydrogen-bond acceptors (Lipinski definition) is 5. The molecule has 2 bridgehead atoms. The second-order valence-electron chi connectivity index (χ2n) is 7.50. The van der Waals surface area contributed by atoms with E-state index < -0.39 is 5.82 Å². The molecule has 2 aliphatic carbocycles. The first-order valence-corrected chi connectivity index (χ1v) is 10.8. The second-order valence-corrected chi connectivity index (χ2v) is 8.44. The number of aromatic nitrogens is 3. The topological polar surface area (TPSA) is 69.0 Å². The Labute approximate surface area is 168 Å². The second kappa shape index (κ2) is 8.51. The van der Waals surface area contributed by atoms with Gasteiger partial charge in [-0.2, -0.15) is 0 Å². The number of nitrogens with one attached hydrogen (secondary N) is 1. The maximum Gasteiger partial charge on any atom is 0.230 e. The van der Waals surface area contributed by atoms with Gasteiger partial charge in [0.1, 0.15) is 6.61 Å². The molecule has 28 heavy (non-hydrogen) atoms. The summed E-state index contributed by atoms with van der Waals surface area (Å²) in [4.78, 5) is 12.3. The van der Waals surface area contributed by atoms with Crippen LogP contribution in [0.15, 0.2) is 29.4 Å². The lowest BCUT2D eigenvalue weighted by atomic mass is 9.95. The molecule has 2 fully saturated rings. The summed E-state index contributed by atoms with van der Waals surface area (Å²) in [6, 6.07) is 6.63. The average Bonchev–Trinajstić information content (AvgIpc) is 3.41. The van der Waals surface area contributed by atoms with Crippen molar-refractivity contribution in [2.24, 2.45) is 11.8 Å². The van der Waals surface area contributed by atoms with Gasteiger partial charge in [0.2, 0.25) is 5.91 Å². The third-order valence-corrected chi connectivity index (χ3v) is 6.69. The Morgan fingerprint density at radius 1 is 1.32 bits per heavy atom. The van der Waals surface area contributed by atoms with Crippen molar-refractivity contribution >= 4 is 17.7 Å². The summed E-state index contributed by atoms with van der Waals surface area (Å²) >= 11 is 1.38. The lowest BCUT2D eigenvalue weighted by molar-refractivity contribution is -0.119. The molecule has 150 valence electrons. The molecule has 1 aromatic heterocycles. The molecule has 0 spiro atoms. The first kappa shape index (κ1) is 19.2. The normalized spacial score (nSPS) is 23.1. The zero-order valence-corrected chi connectivity index (χ0v) is 16.8. The molecule has 0 radical (unpaired) electrons. The molecule has 1 N–H and O–H groups in total. The number of thioether (sulfide) groups is 1. The molecule has 4 rings (SSSR count). The Morgan fingerprint density at radius 3 is 2.89 bits per heavy atom. The van der Waals surface area contributed by atoms with Gasteiger partial charge in [-0.25, -0.2) is 4.39 Å². The molecule has 6 nitrogen and oxygen atoms in total. The monoisotopic (exact) mass is 404 g/mol. The number of hydrogen-bond donors (Lipinski definition) is 1. The van der Waals surface area contributed by atoms with Crippen molar-refractivity contribution < 1.29 is 13.9 Å². The maximum absolute atomic E-state index is 13.7. The van der Waals surface area contributed by atoms with Crippen LogP contribution in [0, 0.1) is 17.7 Å². The van der Waals surface area contributed by atoms with Crippen LogP contribution in [0.3, 0.4) is 0 Å². The molecule has 2 aliphatic rings. The number of halogens is 1. The molecule has 3 unspecified atom stereocenters. The van der Waals surface area contributed by atoms with Gasteiger partial charge < -0.3 is 14.6 Å². The van der Waals surface area contributed by atoms with Gasteiger partial charge in [-0.15, -0.1) is 10.2 Å². The van der Waals surface area contributed by atoms with Crippen LogP contribution in [0.2, 0.25) is 0 Å². The standard InChI is InChI=1S/C20H25FN4O2S/c1-2-25-18(11-27-17-6-4-3-5-15(17)21)23-24-20(25)28-12-19(26)22-16-10-13-7-8-14(16)9-13/h3-6,13-14,16H,2,7-12H2,1H3,(H,22,26). The van der Waals surface area contributed by atoms with Crippen LogP contribution in [0.1, 0.15) is 38.4 Å². The SMILES string of the molecule is CCn1c(COc2ccccc2F)nnc1SCC(=O)NC1CC2CCC1C2. The van der Waals surface area contributed by atoms with E-state index in [0.717, 1.165) is 12.3 Å². The Morgan fingerprint density at radius 2 is 2.18 bits per heavy atom. The Balaban J connectivity index is 1.31. The molecule has 1 aromatic carbocycles. The van der Waals surface area contributed by atoms with Crippen molar-refractivity contribution in [1.82, 2.24) is 20.1 Å². The summed E-state index contributed by atoms with van der Waals surface area (Å²) in [5, 5.41) is 12.2. The Hall–Kier alpha value is -2.09. The number of para-hydroxylation sites is 1. The van der Waals surface area contributed by atoms with Crippen LogP contribution in [-0.2, 0) is 17.9 Å². The highest BCUT2D eigenvalue weighted by atomic mass is 32.2. The van der Waals surface area contributed by atoms with Crippen LogP contribution >= 0.6 is 11.8 Å². The average molecular weight is 405 g/mol. The number of fused-ring (bicyclic) bond motifs is 2. The van der Waals surface area contributed by atoms with Crippen molar-refractivity contribution in [1.29, 1.82) is 0 Å². The summed E-state index contributed by atoms with van der Waals surface area (Å²) in [6.45, 7) is 2.76. The van der Waals surface area contributed by atoms with Crippen molar-refractivity contribution in [3.63, 3.8) is 0 Å². The van der Waals surface area contributed by atoms with Gasteiger partial charge in [-0.3, -0.25) is 4.79 Å². The lowest BCUT2D eigenvalue weighted by Gasteiger charge is -2.22. The summed E-state index contributed by atoms with van der Waals surface area (Å²) in [5.74, 6) is 2.24. The van der Waals surface area contributed by atoms with Crippen molar-refractivity contribution in [3.8, 4) is 5.75 Å². The van der Waals surface area contributed by atoms with E-state index in [1.165, 1.54) is 37.1 Å². The third-order valence-electron chi connectivity index (χ3n) is 5.72. The molecule has 0 aliphatic heterocycles. The van der Waals surface area contributed by atoms with E-state index in [1.54, 1.807) is 18.2 Å². The number of carbonyl (C=O) groups is 1. The van der Waals surface area contributed by atoms with Crippen LogP contribution in [0.5, 0.6) is 5.75 Å². The number of ether oxygens (including phenoxy) is 1. The van der Waals surface area contributed by atoms with Crippen LogP contribution in [0.25, 0.3) is 0 Å². The van der Waals surface area contributed by atoms with Gasteiger partial charge in [0.25, 0.3) is 0 Å². The molecular weight excluding hydrogens is 379 g/mol. The smallest absolute Gasteiger partial charge is 0.230 e. The van der Waals surface area contributed by atoms with Crippen molar-refractivity contribution in [3.05, 3.63) is 35.9 Å². The van der Waals surface area contributed by atoms with Crippen LogP contribution in [0.4, 0.5) is 4.39 Å². The molecule has 1 heterocycles. The van der Waals surface area contributed by atoms with Gasteiger partial charge >= 0.3 is 0 Å². The quantitative estimate of drug-likeness (QED) is 0.683. The minimum absolute atomic E-state index is 0.0531. The highest BCUT2D eigenvalue weighted by molar-refractivity contribution is 7.99. The molecule has 1 amide bonds. The van der Waals surface area contributed by atoms with E-state index in [9.17, 15) is 9.18 Å². The van der Waals surface area contributed by atoms with Gasteiger partial charge in [0.15, 0.2) is 22.5 Å². The fraction of sp³-hybridized carbons (Fsp3) is 0.550. The molecule has 8 heteroatoms. The predicted octanol–water partition coefficient (Wildman–Crippen LogP) is 3.41. The van der Waals surface area contributed by atoms with Crippen LogP contribution < -0.4 is 10.1 Å². The number of benzene rings is 1. The predicted molar refractivity (Wildman–Crippen MR) is 105 cm³/mol. The highest BCUT2D eigenvalue weighted by Gasteiger charge is 2.40. The highest BCUT2D eigenvalue weighted by Crippen LogP contribution is 2.44. The zero-order valence-electron chi connectivity index (χ0n) is 15.9. The van der Waals surface area contributed by atoms with Crippen LogP contribution in [-0.4, -0.2) is 32.5 Å². The molecule has 2 saturated carbocycles. The Kier molecular flexibility index (Phi) is 5.85. The third kappa shape index (κ3) is 4.16. The summed E-state index contributed by atoms with van der Waals surface area (Å²) in [6.07, 6.45) is 4.97. The molecule has 2 aromatic rings. The van der Waals surface area contributed by atoms with E-state index in [-0.39, 0.29) is 18.3 Å². The van der Waals surface area contributed by atoms with Gasteiger partial charge in [-0.1, -0.05) is 30.3 Å². The molecule has 0 saturated heterocycles. The first-order chi connectivity index (χ1) is 13.6. The zero-order chi connectivity index (χ0) is 19.5. The Bertz CT molecular complexity index is 843. The number of nitrogens with zero attached hydrogens (tertiary/aromatic N) is 3.